The molecule has 0 saturated heterocycles. The Hall–Kier alpha value is -1.59. The average molecular weight is 266 g/mol. The highest BCUT2D eigenvalue weighted by atomic mass is 16.6. The fourth-order valence-corrected chi connectivity index (χ4v) is 2.26. The van der Waals surface area contributed by atoms with Gasteiger partial charge in [-0.3, -0.25) is 0 Å². The van der Waals surface area contributed by atoms with Gasteiger partial charge >= 0.3 is 5.97 Å². The molecule has 1 heterocycles. The molecule has 0 fully saturated rings. The monoisotopic (exact) mass is 266 g/mol. The maximum Gasteiger partial charge on any atom is 0.347 e. The number of benzene rings is 1. The summed E-state index contributed by atoms with van der Waals surface area (Å²) in [6, 6.07) is 5.25. The topological polar surface area (TPSA) is 76.0 Å². The number of aliphatic hydroxyl groups excluding tert-OH is 2. The molecule has 2 atom stereocenters. The molecule has 1 aliphatic rings. The third kappa shape index (κ3) is 2.88. The second-order valence-corrected chi connectivity index (χ2v) is 4.42. The number of ether oxygens (including phenoxy) is 2. The van der Waals surface area contributed by atoms with Gasteiger partial charge in [0.1, 0.15) is 11.9 Å². The van der Waals surface area contributed by atoms with Crippen molar-refractivity contribution in [3.8, 4) is 5.75 Å². The standard InChI is InChI=1S/C14H18O5/c1-2-18-14(17)13-7-6-10-9(11(16)8-15)4-3-5-12(10)19-13/h3-5,11,13,15-16H,2,6-8H2,1H3. The van der Waals surface area contributed by atoms with E-state index in [1.807, 2.05) is 0 Å². The van der Waals surface area contributed by atoms with E-state index in [0.717, 1.165) is 5.56 Å². The molecule has 0 bridgehead atoms. The van der Waals surface area contributed by atoms with Gasteiger partial charge < -0.3 is 19.7 Å². The third-order valence-corrected chi connectivity index (χ3v) is 3.18. The van der Waals surface area contributed by atoms with Crippen molar-refractivity contribution < 1.29 is 24.5 Å². The summed E-state index contributed by atoms with van der Waals surface area (Å²) in [6.45, 7) is 1.75. The molecule has 2 unspecified atom stereocenters. The minimum absolute atomic E-state index is 0.328. The van der Waals surface area contributed by atoms with Crippen LogP contribution in [-0.2, 0) is 16.0 Å². The minimum Gasteiger partial charge on any atom is -0.478 e. The first-order valence-corrected chi connectivity index (χ1v) is 6.41. The van der Waals surface area contributed by atoms with Crippen molar-refractivity contribution in [2.75, 3.05) is 13.2 Å². The van der Waals surface area contributed by atoms with Crippen LogP contribution in [0.3, 0.4) is 0 Å². The van der Waals surface area contributed by atoms with Crippen LogP contribution in [0.25, 0.3) is 0 Å². The van der Waals surface area contributed by atoms with Crippen LogP contribution in [0.5, 0.6) is 5.75 Å². The van der Waals surface area contributed by atoms with E-state index in [1.54, 1.807) is 25.1 Å². The molecule has 19 heavy (non-hydrogen) atoms. The maximum absolute atomic E-state index is 11.6. The first kappa shape index (κ1) is 13.8. The van der Waals surface area contributed by atoms with Crippen LogP contribution >= 0.6 is 0 Å². The van der Waals surface area contributed by atoms with Crippen LogP contribution in [0.15, 0.2) is 18.2 Å². The molecule has 0 radical (unpaired) electrons. The summed E-state index contributed by atoms with van der Waals surface area (Å²) < 4.78 is 10.6. The largest absolute Gasteiger partial charge is 0.478 e. The molecule has 5 nitrogen and oxygen atoms in total. The summed E-state index contributed by atoms with van der Waals surface area (Å²) in [4.78, 5) is 11.6. The highest BCUT2D eigenvalue weighted by molar-refractivity contribution is 5.75. The van der Waals surface area contributed by atoms with Crippen LogP contribution < -0.4 is 4.74 Å². The fourth-order valence-electron chi connectivity index (χ4n) is 2.26. The van der Waals surface area contributed by atoms with Gasteiger partial charge in [-0.1, -0.05) is 12.1 Å². The molecule has 0 spiro atoms. The van der Waals surface area contributed by atoms with Gasteiger partial charge in [0.25, 0.3) is 0 Å². The molecule has 5 heteroatoms. The van der Waals surface area contributed by atoms with Crippen molar-refractivity contribution >= 4 is 5.97 Å². The molecule has 0 amide bonds. The van der Waals surface area contributed by atoms with Crippen LogP contribution in [-0.4, -0.2) is 35.5 Å². The molecular formula is C14H18O5. The molecule has 1 aliphatic heterocycles. The van der Waals surface area contributed by atoms with Crippen molar-refractivity contribution in [3.05, 3.63) is 29.3 Å². The Morgan fingerprint density at radius 2 is 2.37 bits per heavy atom. The third-order valence-electron chi connectivity index (χ3n) is 3.18. The van der Waals surface area contributed by atoms with Gasteiger partial charge in [-0.25, -0.2) is 4.79 Å². The number of carbonyl (C=O) groups excluding carboxylic acids is 1. The predicted molar refractivity (Wildman–Crippen MR) is 67.9 cm³/mol. The predicted octanol–water partition coefficient (Wildman–Crippen LogP) is 0.969. The zero-order chi connectivity index (χ0) is 13.8. The van der Waals surface area contributed by atoms with Crippen molar-refractivity contribution in [2.24, 2.45) is 0 Å². The van der Waals surface area contributed by atoms with Crippen molar-refractivity contribution in [1.29, 1.82) is 0 Å². The number of aliphatic hydroxyl groups is 2. The lowest BCUT2D eigenvalue weighted by molar-refractivity contribution is -0.152. The first-order chi connectivity index (χ1) is 9.17. The molecule has 0 aromatic heterocycles. The molecular weight excluding hydrogens is 248 g/mol. The SMILES string of the molecule is CCOC(=O)C1CCc2c(cccc2C(O)CO)O1. The van der Waals surface area contributed by atoms with E-state index in [9.17, 15) is 9.90 Å². The number of hydrogen-bond acceptors (Lipinski definition) is 5. The van der Waals surface area contributed by atoms with Crippen LogP contribution in [0.4, 0.5) is 0 Å². The number of esters is 1. The number of hydrogen-bond donors (Lipinski definition) is 2. The summed E-state index contributed by atoms with van der Waals surface area (Å²) >= 11 is 0. The van der Waals surface area contributed by atoms with Crippen molar-refractivity contribution in [1.82, 2.24) is 0 Å². The second kappa shape index (κ2) is 6.04. The summed E-state index contributed by atoms with van der Waals surface area (Å²) in [7, 11) is 0. The first-order valence-electron chi connectivity index (χ1n) is 6.41. The van der Waals surface area contributed by atoms with E-state index < -0.39 is 12.2 Å². The zero-order valence-electron chi connectivity index (χ0n) is 10.8. The van der Waals surface area contributed by atoms with E-state index in [-0.39, 0.29) is 12.6 Å². The van der Waals surface area contributed by atoms with Gasteiger partial charge in [0.2, 0.25) is 0 Å². The Kier molecular flexibility index (Phi) is 4.39. The number of carbonyl (C=O) groups is 1. The van der Waals surface area contributed by atoms with Gasteiger partial charge in [-0.2, -0.15) is 0 Å². The molecule has 2 N–H and O–H groups in total. The smallest absolute Gasteiger partial charge is 0.347 e. The van der Waals surface area contributed by atoms with Gasteiger partial charge in [-0.15, -0.1) is 0 Å². The summed E-state index contributed by atoms with van der Waals surface area (Å²) in [5.41, 5.74) is 1.51. The highest BCUT2D eigenvalue weighted by Gasteiger charge is 2.29. The molecule has 1 aromatic carbocycles. The number of fused-ring (bicyclic) bond motifs is 1. The Morgan fingerprint density at radius 3 is 3.05 bits per heavy atom. The van der Waals surface area contributed by atoms with E-state index >= 15 is 0 Å². The summed E-state index contributed by atoms with van der Waals surface area (Å²) in [5.74, 6) is 0.218. The van der Waals surface area contributed by atoms with Crippen LogP contribution in [0, 0.1) is 0 Å². The Morgan fingerprint density at radius 1 is 1.58 bits per heavy atom. The molecule has 1 aromatic rings. The quantitative estimate of drug-likeness (QED) is 0.794. The zero-order valence-corrected chi connectivity index (χ0v) is 10.8. The molecule has 0 saturated carbocycles. The fraction of sp³-hybridized carbons (Fsp3) is 0.500. The lowest BCUT2D eigenvalue weighted by atomic mass is 9.94. The molecule has 0 aliphatic carbocycles. The lowest BCUT2D eigenvalue weighted by Gasteiger charge is -2.27. The summed E-state index contributed by atoms with van der Waals surface area (Å²) in [5, 5.41) is 18.8. The van der Waals surface area contributed by atoms with Crippen molar-refractivity contribution in [2.45, 2.75) is 32.0 Å². The maximum atomic E-state index is 11.6. The normalized spacial score (nSPS) is 19.2. The van der Waals surface area contributed by atoms with Crippen LogP contribution in [0.1, 0.15) is 30.6 Å². The summed E-state index contributed by atoms with van der Waals surface area (Å²) in [6.07, 6.45) is -0.376. The highest BCUT2D eigenvalue weighted by Crippen LogP contribution is 2.33. The Balaban J connectivity index is 2.20. The van der Waals surface area contributed by atoms with E-state index in [1.165, 1.54) is 0 Å². The molecule has 104 valence electrons. The van der Waals surface area contributed by atoms with Crippen LogP contribution in [0.2, 0.25) is 0 Å². The van der Waals surface area contributed by atoms with E-state index in [0.29, 0.717) is 30.8 Å². The van der Waals surface area contributed by atoms with Gasteiger partial charge in [0, 0.05) is 5.56 Å². The van der Waals surface area contributed by atoms with E-state index in [4.69, 9.17) is 14.6 Å². The molecule has 2 rings (SSSR count). The average Bonchev–Trinajstić information content (AvgIpc) is 2.45. The number of rotatable bonds is 4. The van der Waals surface area contributed by atoms with E-state index in [2.05, 4.69) is 0 Å². The minimum atomic E-state index is -0.919. The Bertz CT molecular complexity index is 457. The lowest BCUT2D eigenvalue weighted by Crippen LogP contribution is -2.33. The van der Waals surface area contributed by atoms with Gasteiger partial charge in [-0.05, 0) is 31.4 Å². The second-order valence-electron chi connectivity index (χ2n) is 4.42. The van der Waals surface area contributed by atoms with Gasteiger partial charge in [0.05, 0.1) is 13.2 Å². The Labute approximate surface area is 111 Å². The van der Waals surface area contributed by atoms with Gasteiger partial charge in [0.15, 0.2) is 6.10 Å². The van der Waals surface area contributed by atoms with Crippen molar-refractivity contribution in [3.63, 3.8) is 0 Å².